The summed E-state index contributed by atoms with van der Waals surface area (Å²) in [5.41, 5.74) is 18.9. The van der Waals surface area contributed by atoms with Crippen LogP contribution in [-0.4, -0.2) is 183 Å². The van der Waals surface area contributed by atoms with Gasteiger partial charge < -0.3 is 76.3 Å². The van der Waals surface area contributed by atoms with Crippen LogP contribution in [-0.2, 0) is 0 Å². The SMILES string of the molecule is CC(C)c1cnc(-c2ccc(F)cc2)nc1Nc1ccnc2[nH]cc(N3CCCCC3)c12.CC(C)c1cnc(-c2ccc(F)cc2)nc1Nc1ccnc2[nH]cc(N3CCN(C)CC3)c12.CC(C)c1cnc(-c2ccc(F)cc2)nc1Nc1ccnc2[nH]cc(N3CCNCC3)c12.CC(C)c1cnc(-c2ccc(F)cc2)nc1Nc1ccnc2[nH]cc(N3CCNCC3C)c12. The fraction of sp³-hybridized carbons (Fsp3) is 0.313. The quantitative estimate of drug-likeness (QED) is 0.0317. The maximum Gasteiger partial charge on any atom is 0.161 e. The molecular weight excluding hydrogens is 1640 g/mol. The van der Waals surface area contributed by atoms with Crippen LogP contribution in [0.4, 0.5) is 86.3 Å². The van der Waals surface area contributed by atoms with Gasteiger partial charge in [-0.1, -0.05) is 55.4 Å². The average molecular weight is 1750 g/mol. The topological polar surface area (TPSA) is 306 Å². The molecule has 16 heterocycles. The summed E-state index contributed by atoms with van der Waals surface area (Å²) < 4.78 is 53.6. The predicted molar refractivity (Wildman–Crippen MR) is 514 cm³/mol. The molecule has 130 heavy (non-hydrogen) atoms. The maximum absolute atomic E-state index is 13.4. The third-order valence-corrected chi connectivity index (χ3v) is 24.2. The van der Waals surface area contributed by atoms with Crippen LogP contribution in [0.15, 0.2) is 196 Å². The van der Waals surface area contributed by atoms with Gasteiger partial charge in [-0.05, 0) is 178 Å². The van der Waals surface area contributed by atoms with E-state index in [1.807, 2.05) is 67.6 Å². The van der Waals surface area contributed by atoms with Gasteiger partial charge in [0.2, 0.25) is 0 Å². The fourth-order valence-electron chi connectivity index (χ4n) is 17.0. The van der Waals surface area contributed by atoms with E-state index in [0.717, 1.165) is 237 Å². The summed E-state index contributed by atoms with van der Waals surface area (Å²) in [6, 6.07) is 33.3. The molecule has 20 rings (SSSR count). The van der Waals surface area contributed by atoms with E-state index in [1.54, 1.807) is 73.3 Å². The van der Waals surface area contributed by atoms with Crippen molar-refractivity contribution in [3.05, 3.63) is 241 Å². The number of H-pyrrole nitrogens is 4. The lowest BCUT2D eigenvalue weighted by Crippen LogP contribution is -2.49. The van der Waals surface area contributed by atoms with Crippen molar-refractivity contribution in [2.45, 2.75) is 111 Å². The summed E-state index contributed by atoms with van der Waals surface area (Å²) in [5, 5.41) is 25.3. The van der Waals surface area contributed by atoms with Crippen LogP contribution in [0.5, 0.6) is 0 Å². The molecule has 27 nitrogen and oxygen atoms in total. The van der Waals surface area contributed by atoms with E-state index in [2.05, 4.69) is 192 Å². The van der Waals surface area contributed by atoms with Gasteiger partial charge in [0.05, 0.1) is 67.0 Å². The molecular formula is C99H109F4N27. The number of hydrogen-bond donors (Lipinski definition) is 10. The molecule has 1 atom stereocenters. The highest BCUT2D eigenvalue weighted by Crippen LogP contribution is 2.43. The Morgan fingerprint density at radius 3 is 0.915 bits per heavy atom. The van der Waals surface area contributed by atoms with Gasteiger partial charge in [0.1, 0.15) is 69.1 Å². The maximum atomic E-state index is 13.4. The van der Waals surface area contributed by atoms with E-state index in [4.69, 9.17) is 19.9 Å². The van der Waals surface area contributed by atoms with Crippen molar-refractivity contribution in [1.29, 1.82) is 0 Å². The van der Waals surface area contributed by atoms with Gasteiger partial charge in [-0.15, -0.1) is 0 Å². The zero-order valence-corrected chi connectivity index (χ0v) is 74.8. The highest BCUT2D eigenvalue weighted by Gasteiger charge is 2.28. The molecule has 0 radical (unpaired) electrons. The number of halogens is 4. The minimum Gasteiger partial charge on any atom is -0.370 e. The molecule has 4 aliphatic heterocycles. The van der Waals surface area contributed by atoms with Crippen molar-refractivity contribution < 1.29 is 17.6 Å². The molecule has 0 amide bonds. The van der Waals surface area contributed by atoms with Gasteiger partial charge in [0, 0.05) is 210 Å². The molecule has 0 spiro atoms. The van der Waals surface area contributed by atoms with Crippen LogP contribution in [0, 0.1) is 23.3 Å². The Kier molecular flexibility index (Phi) is 26.9. The number of aromatic nitrogens is 16. The highest BCUT2D eigenvalue weighted by atomic mass is 19.1. The first kappa shape index (κ1) is 88.0. The molecule has 4 aliphatic rings. The Morgan fingerprint density at radius 1 is 0.323 bits per heavy atom. The molecule has 668 valence electrons. The number of fused-ring (bicyclic) bond motifs is 4. The predicted octanol–water partition coefficient (Wildman–Crippen LogP) is 20.1. The van der Waals surface area contributed by atoms with Crippen LogP contribution in [0.25, 0.3) is 89.7 Å². The Morgan fingerprint density at radius 2 is 0.608 bits per heavy atom. The third-order valence-electron chi connectivity index (χ3n) is 24.2. The minimum absolute atomic E-state index is 0.228. The number of piperidine rings is 1. The third kappa shape index (κ3) is 19.8. The Hall–Kier alpha value is -14.0. The first-order valence-electron chi connectivity index (χ1n) is 44.8. The largest absolute Gasteiger partial charge is 0.370 e. The minimum atomic E-state index is -0.280. The van der Waals surface area contributed by atoms with E-state index >= 15 is 0 Å². The zero-order chi connectivity index (χ0) is 90.1. The second-order valence-corrected chi connectivity index (χ2v) is 34.5. The monoisotopic (exact) mass is 1750 g/mol. The number of likely N-dealkylation sites (N-methyl/N-ethyl adjacent to an activating group) is 1. The lowest BCUT2D eigenvalue weighted by molar-refractivity contribution is 0.313. The summed E-state index contributed by atoms with van der Waals surface area (Å²) >= 11 is 0. The summed E-state index contributed by atoms with van der Waals surface area (Å²) in [6.07, 6.45) is 26.5. The van der Waals surface area contributed by atoms with Gasteiger partial charge >= 0.3 is 0 Å². The number of hydrogen-bond acceptors (Lipinski definition) is 23. The van der Waals surface area contributed by atoms with Gasteiger partial charge in [-0.25, -0.2) is 77.4 Å². The number of benzene rings is 4. The summed E-state index contributed by atoms with van der Waals surface area (Å²) in [5.74, 6) is 5.04. The molecule has 0 saturated carbocycles. The molecule has 16 aromatic rings. The van der Waals surface area contributed by atoms with Crippen molar-refractivity contribution in [2.24, 2.45) is 0 Å². The normalized spacial score (nSPS) is 15.0. The molecule has 10 N–H and O–H groups in total. The number of pyridine rings is 4. The number of piperazine rings is 3. The fourth-order valence-corrected chi connectivity index (χ4v) is 17.0. The molecule has 12 aromatic heterocycles. The van der Waals surface area contributed by atoms with E-state index in [9.17, 15) is 17.6 Å². The van der Waals surface area contributed by atoms with Gasteiger partial charge in [-0.2, -0.15) is 0 Å². The summed E-state index contributed by atoms with van der Waals surface area (Å²) in [4.78, 5) is 80.9. The molecule has 4 aromatic carbocycles. The van der Waals surface area contributed by atoms with Crippen molar-refractivity contribution in [2.75, 3.05) is 133 Å². The second-order valence-electron chi connectivity index (χ2n) is 34.5. The van der Waals surface area contributed by atoms with Crippen LogP contribution in [0.1, 0.15) is 128 Å². The zero-order valence-electron chi connectivity index (χ0n) is 74.8. The van der Waals surface area contributed by atoms with Crippen molar-refractivity contribution in [1.82, 2.24) is 95.3 Å². The number of aromatic amines is 4. The standard InChI is InChI=1S/2C25H28FN7.C25H27FN6.C24H26FN7/c1-16(2)19-14-28-23(17-4-6-18(26)7-5-17)31-24(19)30-20-8-9-27-25-22(20)21(15-29-25)33-12-10-32(3)11-13-33;1-15(2)19-13-29-23(17-4-6-18(26)7-5-17)32-24(19)31-20-8-9-28-25-22(20)21(14-30-25)33-11-10-27-12-16(33)3;1-16(2)19-14-28-23(17-6-8-18(26)9-7-17)31-24(19)30-20-10-11-27-25-22(20)21(15-29-25)32-12-4-3-5-13-32;1-15(2)18-13-28-22(16-3-5-17(25)6-4-16)31-23(18)30-19-7-8-27-24-21(19)20(14-29-24)32-11-9-26-10-12-32/h4-9,14-16H,10-13H2,1-3H3,(H2,27,28,29,30,31);4-9,13-16,27H,10-12H2,1-3H3,(H2,28,29,30,31,32);6-11,14-16H,3-5,12-13H2,1-2H3,(H2,27,28,29,30,31);3-8,13-15,26H,9-12H2,1-2H3,(H2,27,28,29,30,31). The average Bonchev–Trinajstić information content (AvgIpc) is 1.59. The van der Waals surface area contributed by atoms with Gasteiger partial charge in [-0.3, -0.25) is 0 Å². The Bertz CT molecular complexity index is 6360. The lowest BCUT2D eigenvalue weighted by Gasteiger charge is -2.35. The van der Waals surface area contributed by atoms with E-state index in [1.165, 1.54) is 73.5 Å². The van der Waals surface area contributed by atoms with Crippen LogP contribution < -0.4 is 51.5 Å². The number of nitrogens with zero attached hydrogens (tertiary/aromatic N) is 17. The molecule has 31 heteroatoms. The van der Waals surface area contributed by atoms with Gasteiger partial charge in [0.25, 0.3) is 0 Å². The van der Waals surface area contributed by atoms with Gasteiger partial charge in [0.15, 0.2) is 23.3 Å². The Labute approximate surface area is 752 Å². The van der Waals surface area contributed by atoms with E-state index in [0.29, 0.717) is 29.3 Å². The number of anilines is 12. The van der Waals surface area contributed by atoms with E-state index < -0.39 is 0 Å². The molecule has 1 unspecified atom stereocenters. The summed E-state index contributed by atoms with van der Waals surface area (Å²) in [6.45, 7) is 31.9. The van der Waals surface area contributed by atoms with Crippen molar-refractivity contribution in [3.8, 4) is 45.6 Å². The van der Waals surface area contributed by atoms with Crippen LogP contribution in [0.3, 0.4) is 0 Å². The number of rotatable bonds is 20. The first-order chi connectivity index (χ1) is 63.2. The molecule has 0 bridgehead atoms. The van der Waals surface area contributed by atoms with E-state index in [-0.39, 0.29) is 46.9 Å². The van der Waals surface area contributed by atoms with Crippen LogP contribution in [0.2, 0.25) is 0 Å². The number of nitrogens with one attached hydrogen (secondary N) is 10. The molecule has 4 saturated heterocycles. The molecule has 0 aliphatic carbocycles. The van der Waals surface area contributed by atoms with Crippen LogP contribution >= 0.6 is 0 Å². The van der Waals surface area contributed by atoms with Crippen molar-refractivity contribution in [3.63, 3.8) is 0 Å². The van der Waals surface area contributed by atoms with Crippen molar-refractivity contribution >= 4 is 113 Å². The second kappa shape index (κ2) is 39.7. The molecule has 4 fully saturated rings. The summed E-state index contributed by atoms with van der Waals surface area (Å²) in [7, 11) is 2.16. The lowest BCUT2D eigenvalue weighted by atomic mass is 10.1. The smallest absolute Gasteiger partial charge is 0.161 e. The first-order valence-corrected chi connectivity index (χ1v) is 44.8. The highest BCUT2D eigenvalue weighted by molar-refractivity contribution is 6.05. The Balaban J connectivity index is 0.000000121.